The van der Waals surface area contributed by atoms with Crippen molar-refractivity contribution < 1.29 is 50.8 Å². The summed E-state index contributed by atoms with van der Waals surface area (Å²) in [4.78, 5) is 23.4. The zero-order valence-electron chi connectivity index (χ0n) is 13.4. The SMILES string of the molecule is NCCCCCCC(C(=O)O)C(=O)c1ccccc1O.[H-].[Na+]. The third-order valence-electron chi connectivity index (χ3n) is 3.23. The summed E-state index contributed by atoms with van der Waals surface area (Å²) in [5, 5.41) is 18.8. The fourth-order valence-electron chi connectivity index (χ4n) is 2.08. The van der Waals surface area contributed by atoms with Crippen LogP contribution in [0.25, 0.3) is 0 Å². The molecule has 0 radical (unpaired) electrons. The van der Waals surface area contributed by atoms with Gasteiger partial charge in [-0.15, -0.1) is 0 Å². The number of rotatable bonds is 9. The van der Waals surface area contributed by atoms with E-state index in [1.165, 1.54) is 12.1 Å². The molecule has 21 heavy (non-hydrogen) atoms. The maximum Gasteiger partial charge on any atom is 1.00 e. The molecule has 0 heterocycles. The second-order valence-electron chi connectivity index (χ2n) is 4.76. The monoisotopic (exact) mass is 303 g/mol. The molecule has 5 nitrogen and oxygen atoms in total. The summed E-state index contributed by atoms with van der Waals surface area (Å²) in [5.41, 5.74) is 5.45. The molecule has 1 aromatic rings. The van der Waals surface area contributed by atoms with Crippen LogP contribution in [0.15, 0.2) is 24.3 Å². The molecule has 6 heteroatoms. The molecule has 112 valence electrons. The fourth-order valence-corrected chi connectivity index (χ4v) is 2.08. The van der Waals surface area contributed by atoms with E-state index >= 15 is 0 Å². The minimum Gasteiger partial charge on any atom is -1.00 e. The van der Waals surface area contributed by atoms with Gasteiger partial charge in [0.05, 0.1) is 5.56 Å². The van der Waals surface area contributed by atoms with Crippen LogP contribution in [0.1, 0.15) is 43.9 Å². The van der Waals surface area contributed by atoms with E-state index in [9.17, 15) is 19.8 Å². The molecule has 0 aliphatic carbocycles. The van der Waals surface area contributed by atoms with Crippen molar-refractivity contribution in [3.8, 4) is 5.75 Å². The van der Waals surface area contributed by atoms with Crippen molar-refractivity contribution >= 4 is 11.8 Å². The van der Waals surface area contributed by atoms with Crippen LogP contribution in [-0.2, 0) is 4.79 Å². The first kappa shape index (κ1) is 20.1. The average Bonchev–Trinajstić information content (AvgIpc) is 2.42. The molecule has 0 amide bonds. The van der Waals surface area contributed by atoms with Crippen LogP contribution < -0.4 is 35.3 Å². The zero-order valence-corrected chi connectivity index (χ0v) is 14.4. The Hall–Kier alpha value is -0.880. The van der Waals surface area contributed by atoms with Crippen LogP contribution >= 0.6 is 0 Å². The summed E-state index contributed by atoms with van der Waals surface area (Å²) < 4.78 is 0. The number of unbranched alkanes of at least 4 members (excludes halogenated alkanes) is 3. The van der Waals surface area contributed by atoms with Crippen molar-refractivity contribution in [3.63, 3.8) is 0 Å². The van der Waals surface area contributed by atoms with Crippen molar-refractivity contribution in [3.05, 3.63) is 29.8 Å². The van der Waals surface area contributed by atoms with E-state index in [-0.39, 0.29) is 48.7 Å². The molecule has 0 aromatic heterocycles. The number of hydrogen-bond donors (Lipinski definition) is 3. The van der Waals surface area contributed by atoms with Gasteiger partial charge in [0.15, 0.2) is 5.78 Å². The van der Waals surface area contributed by atoms with E-state index < -0.39 is 17.7 Å². The number of aliphatic carboxylic acids is 1. The minimum absolute atomic E-state index is 0. The Kier molecular flexibility index (Phi) is 10.3. The molecular formula is C15H22NNaO4. The average molecular weight is 303 g/mol. The topological polar surface area (TPSA) is 101 Å². The van der Waals surface area contributed by atoms with Gasteiger partial charge in [0.2, 0.25) is 0 Å². The van der Waals surface area contributed by atoms with Crippen LogP contribution in [-0.4, -0.2) is 28.5 Å². The Balaban J connectivity index is 0. The third-order valence-corrected chi connectivity index (χ3v) is 3.23. The second kappa shape index (κ2) is 10.8. The maximum atomic E-state index is 12.2. The molecule has 1 rings (SSSR count). The summed E-state index contributed by atoms with van der Waals surface area (Å²) in [7, 11) is 0. The van der Waals surface area contributed by atoms with Crippen molar-refractivity contribution in [1.29, 1.82) is 0 Å². The van der Waals surface area contributed by atoms with Gasteiger partial charge < -0.3 is 17.4 Å². The maximum absolute atomic E-state index is 12.2. The Morgan fingerprint density at radius 3 is 2.33 bits per heavy atom. The number of hydrogen-bond acceptors (Lipinski definition) is 4. The number of carboxylic acid groups (broad SMARTS) is 1. The summed E-state index contributed by atoms with van der Waals surface area (Å²) in [5.74, 6) is -2.94. The summed E-state index contributed by atoms with van der Waals surface area (Å²) in [6.07, 6.45) is 3.65. The van der Waals surface area contributed by atoms with E-state index in [0.717, 1.165) is 19.3 Å². The molecule has 0 spiro atoms. The molecular weight excluding hydrogens is 281 g/mol. The molecule has 4 N–H and O–H groups in total. The number of ketones is 1. The molecule has 1 unspecified atom stereocenters. The van der Waals surface area contributed by atoms with E-state index in [0.29, 0.717) is 13.0 Å². The van der Waals surface area contributed by atoms with Gasteiger partial charge in [0, 0.05) is 0 Å². The minimum atomic E-state index is -1.14. The number of carbonyl (C=O) groups is 2. The first-order chi connectivity index (χ1) is 9.57. The number of carboxylic acids is 1. The van der Waals surface area contributed by atoms with Gasteiger partial charge in [0.25, 0.3) is 0 Å². The first-order valence-electron chi connectivity index (χ1n) is 6.83. The summed E-state index contributed by atoms with van der Waals surface area (Å²) in [6.45, 7) is 0.624. The molecule has 0 aliphatic rings. The number of benzene rings is 1. The van der Waals surface area contributed by atoms with Crippen LogP contribution in [0.5, 0.6) is 5.75 Å². The van der Waals surface area contributed by atoms with Gasteiger partial charge in [-0.1, -0.05) is 31.4 Å². The number of nitrogens with two attached hydrogens (primary N) is 1. The Labute approximate surface area is 148 Å². The molecule has 1 atom stereocenters. The van der Waals surface area contributed by atoms with Crippen LogP contribution in [0.4, 0.5) is 0 Å². The fraction of sp³-hybridized carbons (Fsp3) is 0.467. The van der Waals surface area contributed by atoms with Gasteiger partial charge in [-0.3, -0.25) is 9.59 Å². The van der Waals surface area contributed by atoms with Gasteiger partial charge >= 0.3 is 35.5 Å². The molecule has 1 aromatic carbocycles. The van der Waals surface area contributed by atoms with Crippen LogP contribution in [0.2, 0.25) is 0 Å². The van der Waals surface area contributed by atoms with Crippen molar-refractivity contribution in [2.45, 2.75) is 32.1 Å². The standard InChI is InChI=1S/C15H21NO4.Na.H/c16-10-6-2-1-3-8-12(15(19)20)14(18)11-7-4-5-9-13(11)17;;/h4-5,7,9,12,17H,1-3,6,8,10,16H2,(H,19,20);;/q;+1;-1. The predicted molar refractivity (Wildman–Crippen MR) is 76.8 cm³/mol. The molecule has 0 saturated heterocycles. The number of aromatic hydroxyl groups is 1. The van der Waals surface area contributed by atoms with E-state index in [2.05, 4.69) is 0 Å². The number of phenolic OH excluding ortho intramolecular Hbond substituents is 1. The Bertz CT molecular complexity index is 471. The number of carbonyl (C=O) groups excluding carboxylic acids is 1. The van der Waals surface area contributed by atoms with E-state index in [1.54, 1.807) is 12.1 Å². The van der Waals surface area contributed by atoms with E-state index in [4.69, 9.17) is 5.73 Å². The molecule has 0 saturated carbocycles. The Morgan fingerprint density at radius 2 is 1.76 bits per heavy atom. The second-order valence-corrected chi connectivity index (χ2v) is 4.76. The van der Waals surface area contributed by atoms with Crippen LogP contribution in [0, 0.1) is 5.92 Å². The van der Waals surface area contributed by atoms with Gasteiger partial charge in [-0.25, -0.2) is 0 Å². The number of Topliss-reactive ketones (excluding diaryl/α,β-unsaturated/α-hetero) is 1. The van der Waals surface area contributed by atoms with Gasteiger partial charge in [0.1, 0.15) is 11.7 Å². The Morgan fingerprint density at radius 1 is 1.14 bits per heavy atom. The van der Waals surface area contributed by atoms with Gasteiger partial charge in [-0.05, 0) is 31.5 Å². The molecule has 0 fully saturated rings. The van der Waals surface area contributed by atoms with Crippen molar-refractivity contribution in [2.75, 3.05) is 6.54 Å². The van der Waals surface area contributed by atoms with Crippen LogP contribution in [0.3, 0.4) is 0 Å². The normalized spacial score (nSPS) is 11.5. The molecule has 0 aliphatic heterocycles. The molecule has 0 bridgehead atoms. The third kappa shape index (κ3) is 6.61. The van der Waals surface area contributed by atoms with Gasteiger partial charge in [-0.2, -0.15) is 0 Å². The predicted octanol–water partition coefficient (Wildman–Crippen LogP) is -0.699. The number of phenols is 1. The summed E-state index contributed by atoms with van der Waals surface area (Å²) in [6, 6.07) is 6.03. The zero-order chi connectivity index (χ0) is 15.0. The number of para-hydroxylation sites is 1. The largest absolute Gasteiger partial charge is 1.00 e. The van der Waals surface area contributed by atoms with Crippen molar-refractivity contribution in [1.82, 2.24) is 0 Å². The first-order valence-corrected chi connectivity index (χ1v) is 6.83. The summed E-state index contributed by atoms with van der Waals surface area (Å²) >= 11 is 0. The smallest absolute Gasteiger partial charge is 1.00 e. The quantitative estimate of drug-likeness (QED) is 0.242. The van der Waals surface area contributed by atoms with E-state index in [1.807, 2.05) is 0 Å². The van der Waals surface area contributed by atoms with Crippen molar-refractivity contribution in [2.24, 2.45) is 11.7 Å².